The van der Waals surface area contributed by atoms with E-state index in [0.29, 0.717) is 0 Å². The lowest BCUT2D eigenvalue weighted by Crippen LogP contribution is -2.46. The van der Waals surface area contributed by atoms with E-state index in [9.17, 15) is 0 Å². The second kappa shape index (κ2) is 6.37. The Hall–Kier alpha value is -1.39. The topological polar surface area (TPSA) is 32.3 Å². The molecule has 0 aliphatic carbocycles. The molecule has 5 heteroatoms. The molecule has 2 aromatic rings. The minimum absolute atomic E-state index is 0. The second-order valence-electron chi connectivity index (χ2n) is 5.14. The fourth-order valence-corrected chi connectivity index (χ4v) is 2.68. The van der Waals surface area contributed by atoms with E-state index in [1.807, 2.05) is 0 Å². The number of likely N-dealkylation sites (N-methyl/N-ethyl adjacent to an activating group) is 1. The molecule has 0 amide bonds. The molecule has 0 N–H and O–H groups in total. The Labute approximate surface area is 126 Å². The quantitative estimate of drug-likeness (QED) is 0.851. The van der Waals surface area contributed by atoms with Crippen molar-refractivity contribution in [3.05, 3.63) is 30.1 Å². The van der Waals surface area contributed by atoms with E-state index in [0.717, 1.165) is 44.1 Å². The third-order valence-corrected chi connectivity index (χ3v) is 3.89. The van der Waals surface area contributed by atoms with E-state index in [4.69, 9.17) is 0 Å². The fourth-order valence-electron chi connectivity index (χ4n) is 2.68. The number of aromatic nitrogens is 2. The van der Waals surface area contributed by atoms with Crippen LogP contribution in [0.25, 0.3) is 10.9 Å². The smallest absolute Gasteiger partial charge is 0.139 e. The molecule has 20 heavy (non-hydrogen) atoms. The Kier molecular flexibility index (Phi) is 4.78. The molecule has 4 nitrogen and oxygen atoms in total. The van der Waals surface area contributed by atoms with Crippen LogP contribution in [0.4, 0.5) is 5.82 Å². The predicted molar refractivity (Wildman–Crippen MR) is 85.9 cm³/mol. The van der Waals surface area contributed by atoms with Crippen LogP contribution in [0.3, 0.4) is 0 Å². The molecule has 1 aromatic carbocycles. The molecule has 1 aliphatic rings. The summed E-state index contributed by atoms with van der Waals surface area (Å²) in [5.41, 5.74) is 2.30. The highest BCUT2D eigenvalue weighted by atomic mass is 35.5. The minimum atomic E-state index is 0. The summed E-state index contributed by atoms with van der Waals surface area (Å²) < 4.78 is 0. The molecular formula is C15H21ClN4. The van der Waals surface area contributed by atoms with Gasteiger partial charge in [0.1, 0.15) is 12.1 Å². The first-order chi connectivity index (χ1) is 9.28. The zero-order valence-corrected chi connectivity index (χ0v) is 12.9. The number of anilines is 1. The van der Waals surface area contributed by atoms with Crippen molar-refractivity contribution < 1.29 is 0 Å². The summed E-state index contributed by atoms with van der Waals surface area (Å²) in [6.45, 7) is 9.81. The first kappa shape index (κ1) is 15.0. The number of halogens is 1. The zero-order valence-electron chi connectivity index (χ0n) is 12.0. The maximum Gasteiger partial charge on any atom is 0.139 e. The number of fused-ring (bicyclic) bond motifs is 1. The summed E-state index contributed by atoms with van der Waals surface area (Å²) >= 11 is 0. The second-order valence-corrected chi connectivity index (χ2v) is 5.14. The van der Waals surface area contributed by atoms with Crippen molar-refractivity contribution in [1.82, 2.24) is 14.9 Å². The molecule has 1 aromatic heterocycles. The van der Waals surface area contributed by atoms with E-state index in [-0.39, 0.29) is 12.4 Å². The van der Waals surface area contributed by atoms with Crippen LogP contribution in [0.15, 0.2) is 24.5 Å². The normalized spacial score (nSPS) is 16.2. The molecule has 0 bridgehead atoms. The molecule has 0 atom stereocenters. The zero-order chi connectivity index (χ0) is 13.2. The number of nitrogens with zero attached hydrogens (tertiary/aromatic N) is 4. The van der Waals surface area contributed by atoms with Gasteiger partial charge in [-0.05, 0) is 25.6 Å². The summed E-state index contributed by atoms with van der Waals surface area (Å²) in [6.07, 6.45) is 1.68. The molecule has 1 fully saturated rings. The fraction of sp³-hybridized carbons (Fsp3) is 0.467. The van der Waals surface area contributed by atoms with Gasteiger partial charge in [0.25, 0.3) is 0 Å². The maximum absolute atomic E-state index is 4.52. The van der Waals surface area contributed by atoms with Gasteiger partial charge < -0.3 is 9.80 Å². The molecule has 0 radical (unpaired) electrons. The third kappa shape index (κ3) is 2.86. The van der Waals surface area contributed by atoms with Crippen LogP contribution < -0.4 is 4.90 Å². The highest BCUT2D eigenvalue weighted by Gasteiger charge is 2.18. The number of rotatable bonds is 2. The average Bonchev–Trinajstić information content (AvgIpc) is 2.47. The van der Waals surface area contributed by atoms with Crippen LogP contribution in [-0.4, -0.2) is 47.6 Å². The maximum atomic E-state index is 4.52. The number of benzene rings is 1. The van der Waals surface area contributed by atoms with Crippen molar-refractivity contribution in [2.75, 3.05) is 37.6 Å². The predicted octanol–water partition coefficient (Wildman–Crippen LogP) is 2.50. The highest BCUT2D eigenvalue weighted by Crippen LogP contribution is 2.24. The molecule has 2 heterocycles. The summed E-state index contributed by atoms with van der Waals surface area (Å²) in [4.78, 5) is 13.7. The first-order valence-corrected chi connectivity index (χ1v) is 6.96. The van der Waals surface area contributed by atoms with Crippen LogP contribution >= 0.6 is 12.4 Å². The molecule has 1 saturated heterocycles. The van der Waals surface area contributed by atoms with Crippen LogP contribution in [0.5, 0.6) is 0 Å². The lowest BCUT2D eigenvalue weighted by molar-refractivity contribution is 0.271. The van der Waals surface area contributed by atoms with Gasteiger partial charge in [0.15, 0.2) is 0 Å². The van der Waals surface area contributed by atoms with Crippen LogP contribution in [0.1, 0.15) is 12.5 Å². The van der Waals surface area contributed by atoms with Crippen molar-refractivity contribution in [2.24, 2.45) is 0 Å². The average molecular weight is 293 g/mol. The third-order valence-electron chi connectivity index (χ3n) is 3.89. The van der Waals surface area contributed by atoms with Crippen LogP contribution in [-0.2, 0) is 0 Å². The Balaban J connectivity index is 0.00000147. The molecule has 3 rings (SSSR count). The van der Waals surface area contributed by atoms with Gasteiger partial charge in [-0.2, -0.15) is 0 Å². The summed E-state index contributed by atoms with van der Waals surface area (Å²) in [7, 11) is 0. The Morgan fingerprint density at radius 2 is 1.85 bits per heavy atom. The van der Waals surface area contributed by atoms with Crippen molar-refractivity contribution in [1.29, 1.82) is 0 Å². The van der Waals surface area contributed by atoms with Crippen molar-refractivity contribution in [2.45, 2.75) is 13.8 Å². The minimum Gasteiger partial charge on any atom is -0.353 e. The van der Waals surface area contributed by atoms with Crippen LogP contribution in [0.2, 0.25) is 0 Å². The molecule has 0 saturated carbocycles. The number of hydrogen-bond donors (Lipinski definition) is 0. The Morgan fingerprint density at radius 3 is 2.55 bits per heavy atom. The van der Waals surface area contributed by atoms with E-state index >= 15 is 0 Å². The monoisotopic (exact) mass is 292 g/mol. The lowest BCUT2D eigenvalue weighted by Gasteiger charge is -2.35. The van der Waals surface area contributed by atoms with Crippen molar-refractivity contribution >= 4 is 29.1 Å². The first-order valence-electron chi connectivity index (χ1n) is 6.96. The van der Waals surface area contributed by atoms with Gasteiger partial charge >= 0.3 is 0 Å². The molecular weight excluding hydrogens is 272 g/mol. The lowest BCUT2D eigenvalue weighted by atomic mass is 10.1. The van der Waals surface area contributed by atoms with Crippen molar-refractivity contribution in [3.63, 3.8) is 0 Å². The molecule has 1 aliphatic heterocycles. The van der Waals surface area contributed by atoms with Gasteiger partial charge in [-0.25, -0.2) is 9.97 Å². The van der Waals surface area contributed by atoms with E-state index < -0.39 is 0 Å². The number of aryl methyl sites for hydroxylation is 1. The highest BCUT2D eigenvalue weighted by molar-refractivity contribution is 5.89. The van der Waals surface area contributed by atoms with Gasteiger partial charge in [-0.1, -0.05) is 18.6 Å². The molecule has 0 unspecified atom stereocenters. The van der Waals surface area contributed by atoms with Gasteiger partial charge in [0.2, 0.25) is 0 Å². The number of piperazine rings is 1. The SMILES string of the molecule is CCN1CCN(c2ncnc3ccc(C)cc23)CC1.Cl. The summed E-state index contributed by atoms with van der Waals surface area (Å²) in [6, 6.07) is 6.38. The number of hydrogen-bond acceptors (Lipinski definition) is 4. The van der Waals surface area contributed by atoms with Crippen molar-refractivity contribution in [3.8, 4) is 0 Å². The van der Waals surface area contributed by atoms with Crippen LogP contribution in [0, 0.1) is 6.92 Å². The van der Waals surface area contributed by atoms with Gasteiger partial charge in [0.05, 0.1) is 5.52 Å². The van der Waals surface area contributed by atoms with E-state index in [1.54, 1.807) is 6.33 Å². The Morgan fingerprint density at radius 1 is 1.10 bits per heavy atom. The van der Waals surface area contributed by atoms with E-state index in [2.05, 4.69) is 51.8 Å². The summed E-state index contributed by atoms with van der Waals surface area (Å²) in [5, 5.41) is 1.17. The Bertz CT molecular complexity index is 579. The standard InChI is InChI=1S/C15H20N4.ClH/c1-3-18-6-8-19(9-7-18)15-13-10-12(2)4-5-14(13)16-11-17-15;/h4-5,10-11H,3,6-9H2,1-2H3;1H. The van der Waals surface area contributed by atoms with E-state index in [1.165, 1.54) is 10.9 Å². The molecule has 0 spiro atoms. The van der Waals surface area contributed by atoms with Gasteiger partial charge in [0, 0.05) is 31.6 Å². The van der Waals surface area contributed by atoms with Gasteiger partial charge in [-0.3, -0.25) is 0 Å². The summed E-state index contributed by atoms with van der Waals surface area (Å²) in [5.74, 6) is 1.09. The van der Waals surface area contributed by atoms with Gasteiger partial charge in [-0.15, -0.1) is 12.4 Å². The largest absolute Gasteiger partial charge is 0.353 e. The molecule has 108 valence electrons.